The molecule has 0 rings (SSSR count). The van der Waals surface area contributed by atoms with Crippen LogP contribution in [0.3, 0.4) is 0 Å². The van der Waals surface area contributed by atoms with Crippen LogP contribution < -0.4 is 6.15 Å². The fourth-order valence-electron chi connectivity index (χ4n) is 1.88. The Bertz CT molecular complexity index is 312. The topological polar surface area (TPSA) is 72.3 Å². The molecule has 0 unspecified atom stereocenters. The van der Waals surface area contributed by atoms with Crippen LogP contribution >= 0.6 is 0 Å². The van der Waals surface area contributed by atoms with E-state index in [9.17, 15) is 18.0 Å². The molecule has 0 saturated carbocycles. The van der Waals surface area contributed by atoms with Crippen LogP contribution in [0.1, 0.15) is 26.7 Å². The second-order valence-electron chi connectivity index (χ2n) is 4.50. The summed E-state index contributed by atoms with van der Waals surface area (Å²) in [6, 6.07) is 0. The third-order valence-electron chi connectivity index (χ3n) is 3.26. The van der Waals surface area contributed by atoms with Gasteiger partial charge in [0.05, 0.1) is 10.8 Å². The summed E-state index contributed by atoms with van der Waals surface area (Å²) < 4.78 is 39.7. The van der Waals surface area contributed by atoms with Gasteiger partial charge in [-0.25, -0.2) is 0 Å². The maximum Gasteiger partial charge on any atom is 0.396 e. The van der Waals surface area contributed by atoms with Crippen LogP contribution in [0.15, 0.2) is 25.3 Å². The van der Waals surface area contributed by atoms with Crippen LogP contribution in [0.25, 0.3) is 0 Å². The average Bonchev–Trinajstić information content (AvgIpc) is 2.14. The number of carboxylic acids is 1. The first-order valence-corrected chi connectivity index (χ1v) is 5.08. The first kappa shape index (κ1) is 19.0. The molecule has 6 heteroatoms. The summed E-state index contributed by atoms with van der Waals surface area (Å²) >= 11 is 0. The zero-order valence-corrected chi connectivity index (χ0v) is 10.7. The van der Waals surface area contributed by atoms with Crippen LogP contribution in [0.4, 0.5) is 13.2 Å². The Balaban J connectivity index is 0. The molecular formula is C12H20F3NO2. The molecule has 0 aliphatic heterocycles. The second-order valence-corrected chi connectivity index (χ2v) is 4.50. The average molecular weight is 267 g/mol. The van der Waals surface area contributed by atoms with Gasteiger partial charge in [0.15, 0.2) is 0 Å². The number of carbonyl (C=O) groups is 1. The molecule has 0 saturated heterocycles. The van der Waals surface area contributed by atoms with Crippen LogP contribution in [0.5, 0.6) is 0 Å². The van der Waals surface area contributed by atoms with Gasteiger partial charge in [0, 0.05) is 0 Å². The number of rotatable bonds is 6. The Labute approximate surface area is 105 Å². The van der Waals surface area contributed by atoms with Crippen molar-refractivity contribution in [2.45, 2.75) is 32.9 Å². The van der Waals surface area contributed by atoms with E-state index in [0.717, 1.165) is 26.0 Å². The summed E-state index contributed by atoms with van der Waals surface area (Å²) in [6.07, 6.45) is -3.36. The highest BCUT2D eigenvalue weighted by Gasteiger charge is 2.64. The van der Waals surface area contributed by atoms with Crippen molar-refractivity contribution < 1.29 is 23.1 Å². The predicted molar refractivity (Wildman–Crippen MR) is 64.6 cm³/mol. The van der Waals surface area contributed by atoms with Crippen molar-refractivity contribution in [3.05, 3.63) is 25.3 Å². The summed E-state index contributed by atoms with van der Waals surface area (Å²) in [5.41, 5.74) is -4.33. The number of allylic oxidation sites excluding steroid dienone is 2. The normalized spacial score (nSPS) is 12.5. The Morgan fingerprint density at radius 3 is 1.67 bits per heavy atom. The van der Waals surface area contributed by atoms with Crippen LogP contribution in [-0.4, -0.2) is 17.3 Å². The molecule has 106 valence electrons. The molecule has 0 spiro atoms. The molecule has 0 aliphatic carbocycles. The number of hydrogen-bond acceptors (Lipinski definition) is 2. The fraction of sp³-hybridized carbons (Fsp3) is 0.583. The van der Waals surface area contributed by atoms with Gasteiger partial charge in [0.25, 0.3) is 0 Å². The van der Waals surface area contributed by atoms with Crippen molar-refractivity contribution in [1.29, 1.82) is 0 Å². The van der Waals surface area contributed by atoms with Gasteiger partial charge in [-0.15, -0.1) is 13.2 Å². The van der Waals surface area contributed by atoms with Crippen LogP contribution in [-0.2, 0) is 4.79 Å². The van der Waals surface area contributed by atoms with Gasteiger partial charge in [0.2, 0.25) is 0 Å². The molecule has 4 N–H and O–H groups in total. The van der Waals surface area contributed by atoms with Gasteiger partial charge >= 0.3 is 12.1 Å². The summed E-state index contributed by atoms with van der Waals surface area (Å²) in [4.78, 5) is 11.1. The van der Waals surface area contributed by atoms with E-state index in [1.54, 1.807) is 0 Å². The minimum atomic E-state index is -4.64. The zero-order valence-electron chi connectivity index (χ0n) is 10.7. The molecule has 0 aromatic rings. The maximum atomic E-state index is 13.2. The van der Waals surface area contributed by atoms with Crippen molar-refractivity contribution in [1.82, 2.24) is 6.15 Å². The first-order valence-electron chi connectivity index (χ1n) is 5.08. The Morgan fingerprint density at radius 2 is 1.50 bits per heavy atom. The van der Waals surface area contributed by atoms with Gasteiger partial charge in [-0.3, -0.25) is 4.79 Å². The molecule has 0 atom stereocenters. The molecule has 0 amide bonds. The number of hydrogen-bond donors (Lipinski definition) is 2. The van der Waals surface area contributed by atoms with E-state index in [1.807, 2.05) is 0 Å². The number of aliphatic carboxylic acids is 1. The van der Waals surface area contributed by atoms with Gasteiger partial charge in [-0.05, 0) is 26.7 Å². The lowest BCUT2D eigenvalue weighted by atomic mass is 9.61. The van der Waals surface area contributed by atoms with Crippen LogP contribution in [0, 0.1) is 10.8 Å². The molecule has 0 aliphatic rings. The summed E-state index contributed by atoms with van der Waals surface area (Å²) in [5, 5.41) is 9.02. The highest BCUT2D eigenvalue weighted by atomic mass is 19.4. The van der Waals surface area contributed by atoms with E-state index < -0.39 is 35.8 Å². The standard InChI is InChI=1S/C12H17F3O2.H3N/c1-5-7-11(8-6-2,12(13,14)15)10(3,4)9(16)17;/h5-6H,1-2,7-8H2,3-4H3,(H,16,17);1H3. The van der Waals surface area contributed by atoms with E-state index in [1.165, 1.54) is 0 Å². The minimum absolute atomic E-state index is 0. The maximum absolute atomic E-state index is 13.2. The highest BCUT2D eigenvalue weighted by Crippen LogP contribution is 2.56. The van der Waals surface area contributed by atoms with Gasteiger partial charge < -0.3 is 11.3 Å². The van der Waals surface area contributed by atoms with Crippen molar-refractivity contribution in [2.75, 3.05) is 0 Å². The molecule has 0 aromatic heterocycles. The largest absolute Gasteiger partial charge is 0.481 e. The van der Waals surface area contributed by atoms with Gasteiger partial charge in [-0.2, -0.15) is 13.2 Å². The summed E-state index contributed by atoms with van der Waals surface area (Å²) in [5.74, 6) is -1.49. The molecule has 0 bridgehead atoms. The molecule has 3 nitrogen and oxygen atoms in total. The number of alkyl halides is 3. The monoisotopic (exact) mass is 267 g/mol. The quantitative estimate of drug-likeness (QED) is 0.715. The zero-order chi connectivity index (χ0) is 13.9. The Kier molecular flexibility index (Phi) is 6.39. The van der Waals surface area contributed by atoms with E-state index in [-0.39, 0.29) is 6.15 Å². The lowest BCUT2D eigenvalue weighted by Crippen LogP contribution is -2.52. The molecule has 0 heterocycles. The molecule has 18 heavy (non-hydrogen) atoms. The molecule has 0 radical (unpaired) electrons. The van der Waals surface area contributed by atoms with Crippen LogP contribution in [0.2, 0.25) is 0 Å². The molecule has 0 fully saturated rings. The highest BCUT2D eigenvalue weighted by molar-refractivity contribution is 5.75. The van der Waals surface area contributed by atoms with Gasteiger partial charge in [-0.1, -0.05) is 12.2 Å². The van der Waals surface area contributed by atoms with E-state index in [4.69, 9.17) is 5.11 Å². The van der Waals surface area contributed by atoms with Gasteiger partial charge in [0.1, 0.15) is 0 Å². The third-order valence-corrected chi connectivity index (χ3v) is 3.26. The second kappa shape index (κ2) is 6.04. The van der Waals surface area contributed by atoms with Crippen molar-refractivity contribution in [3.8, 4) is 0 Å². The SMILES string of the molecule is C=CCC(CC=C)(C(F)(F)F)C(C)(C)C(=O)O.N. The van der Waals surface area contributed by atoms with E-state index in [2.05, 4.69) is 13.2 Å². The van der Waals surface area contributed by atoms with E-state index >= 15 is 0 Å². The Morgan fingerprint density at radius 1 is 1.17 bits per heavy atom. The summed E-state index contributed by atoms with van der Waals surface area (Å²) in [7, 11) is 0. The lowest BCUT2D eigenvalue weighted by molar-refractivity contribution is -0.260. The third kappa shape index (κ3) is 2.93. The Hall–Kier alpha value is -1.30. The predicted octanol–water partition coefficient (Wildman–Crippen LogP) is 3.96. The number of halogens is 3. The first-order chi connectivity index (χ1) is 7.56. The molecular weight excluding hydrogens is 247 g/mol. The number of carboxylic acid groups (broad SMARTS) is 1. The lowest BCUT2D eigenvalue weighted by Gasteiger charge is -2.44. The molecule has 0 aromatic carbocycles. The van der Waals surface area contributed by atoms with E-state index in [0.29, 0.717) is 0 Å². The van der Waals surface area contributed by atoms with Crippen molar-refractivity contribution >= 4 is 5.97 Å². The fourth-order valence-corrected chi connectivity index (χ4v) is 1.88. The minimum Gasteiger partial charge on any atom is -0.481 e. The summed E-state index contributed by atoms with van der Waals surface area (Å²) in [6.45, 7) is 8.73. The smallest absolute Gasteiger partial charge is 0.396 e. The van der Waals surface area contributed by atoms with Crippen molar-refractivity contribution in [3.63, 3.8) is 0 Å². The van der Waals surface area contributed by atoms with Crippen molar-refractivity contribution in [2.24, 2.45) is 10.8 Å².